The number of nitrogens with zero attached hydrogens (tertiary/aromatic N) is 2. The molecule has 0 aromatic heterocycles. The molecule has 1 saturated heterocycles. The second-order valence-corrected chi connectivity index (χ2v) is 7.76. The van der Waals surface area contributed by atoms with Crippen molar-refractivity contribution in [2.24, 2.45) is 10.4 Å². The minimum absolute atomic E-state index is 0. The average Bonchev–Trinajstić information content (AvgIpc) is 2.77. The van der Waals surface area contributed by atoms with E-state index in [0.29, 0.717) is 18.5 Å². The van der Waals surface area contributed by atoms with Crippen LogP contribution in [0.2, 0.25) is 0 Å². The van der Waals surface area contributed by atoms with Gasteiger partial charge < -0.3 is 10.2 Å². The average molecular weight is 430 g/mol. The minimum Gasteiger partial charge on any atom is -0.357 e. The SMILES string of the molecule is CCNC(=NCCNS(C)(=O)=O)N1CCC2(CCC2)C1.I. The summed E-state index contributed by atoms with van der Waals surface area (Å²) in [6.45, 7) is 5.87. The molecule has 0 bridgehead atoms. The van der Waals surface area contributed by atoms with Crippen LogP contribution in [0.15, 0.2) is 4.99 Å². The van der Waals surface area contributed by atoms with Gasteiger partial charge in [0.1, 0.15) is 0 Å². The van der Waals surface area contributed by atoms with E-state index in [1.54, 1.807) is 0 Å². The number of aliphatic imine (C=N–C) groups is 1. The molecule has 21 heavy (non-hydrogen) atoms. The van der Waals surface area contributed by atoms with E-state index in [1.807, 2.05) is 0 Å². The fourth-order valence-corrected chi connectivity index (χ4v) is 3.48. The zero-order valence-corrected chi connectivity index (χ0v) is 16.0. The molecule has 2 rings (SSSR count). The summed E-state index contributed by atoms with van der Waals surface area (Å²) < 4.78 is 24.5. The van der Waals surface area contributed by atoms with Crippen molar-refractivity contribution >= 4 is 40.0 Å². The first-order valence-corrected chi connectivity index (χ1v) is 9.31. The lowest BCUT2D eigenvalue weighted by Crippen LogP contribution is -2.43. The van der Waals surface area contributed by atoms with Gasteiger partial charge in [0.15, 0.2) is 5.96 Å². The Labute approximate surface area is 145 Å². The van der Waals surface area contributed by atoms with Crippen LogP contribution in [-0.4, -0.2) is 58.3 Å². The second kappa shape index (κ2) is 7.96. The number of nitrogens with one attached hydrogen (secondary N) is 2. The zero-order chi connectivity index (χ0) is 14.6. The van der Waals surface area contributed by atoms with Crippen molar-refractivity contribution in [3.05, 3.63) is 0 Å². The van der Waals surface area contributed by atoms with Gasteiger partial charge in [-0.3, -0.25) is 4.99 Å². The monoisotopic (exact) mass is 430 g/mol. The molecule has 0 radical (unpaired) electrons. The van der Waals surface area contributed by atoms with Crippen molar-refractivity contribution in [1.29, 1.82) is 0 Å². The summed E-state index contributed by atoms with van der Waals surface area (Å²) in [5, 5.41) is 3.31. The first-order valence-electron chi connectivity index (χ1n) is 7.42. The molecule has 1 heterocycles. The minimum atomic E-state index is -3.12. The summed E-state index contributed by atoms with van der Waals surface area (Å²) in [5.41, 5.74) is 0.543. The van der Waals surface area contributed by atoms with Crippen molar-refractivity contribution in [3.8, 4) is 0 Å². The van der Waals surface area contributed by atoms with Crippen molar-refractivity contribution < 1.29 is 8.42 Å². The van der Waals surface area contributed by atoms with E-state index in [0.717, 1.165) is 25.6 Å². The van der Waals surface area contributed by atoms with Gasteiger partial charge >= 0.3 is 0 Å². The van der Waals surface area contributed by atoms with E-state index < -0.39 is 10.0 Å². The molecule has 2 aliphatic rings. The van der Waals surface area contributed by atoms with Crippen molar-refractivity contribution in [3.63, 3.8) is 0 Å². The molecular formula is C13H27IN4O2S. The summed E-state index contributed by atoms with van der Waals surface area (Å²) in [6, 6.07) is 0. The maximum Gasteiger partial charge on any atom is 0.208 e. The number of hydrogen-bond donors (Lipinski definition) is 2. The van der Waals surface area contributed by atoms with E-state index in [2.05, 4.69) is 26.9 Å². The Morgan fingerprint density at radius 2 is 2.05 bits per heavy atom. The van der Waals surface area contributed by atoms with Crippen molar-refractivity contribution in [2.45, 2.75) is 32.6 Å². The number of halogens is 1. The molecule has 0 aromatic rings. The highest BCUT2D eigenvalue weighted by atomic mass is 127. The lowest BCUT2D eigenvalue weighted by molar-refractivity contribution is 0.151. The van der Waals surface area contributed by atoms with E-state index in [9.17, 15) is 8.42 Å². The van der Waals surface area contributed by atoms with Gasteiger partial charge in [0.25, 0.3) is 0 Å². The van der Waals surface area contributed by atoms with E-state index in [-0.39, 0.29) is 24.0 Å². The normalized spacial score (nSPS) is 21.0. The molecule has 1 spiro atoms. The Balaban J connectivity index is 0.00000220. The van der Waals surface area contributed by atoms with Crippen LogP contribution in [-0.2, 0) is 10.0 Å². The van der Waals surface area contributed by atoms with Crippen LogP contribution in [0.1, 0.15) is 32.6 Å². The largest absolute Gasteiger partial charge is 0.357 e. The van der Waals surface area contributed by atoms with Gasteiger partial charge in [0.2, 0.25) is 10.0 Å². The fourth-order valence-electron chi connectivity index (χ4n) is 3.02. The molecule has 1 aliphatic carbocycles. The zero-order valence-electron chi connectivity index (χ0n) is 12.9. The van der Waals surface area contributed by atoms with Crippen LogP contribution in [0.25, 0.3) is 0 Å². The Hall–Kier alpha value is -0.0900. The predicted octanol–water partition coefficient (Wildman–Crippen LogP) is 0.995. The molecule has 124 valence electrons. The van der Waals surface area contributed by atoms with E-state index in [4.69, 9.17) is 0 Å². The second-order valence-electron chi connectivity index (χ2n) is 5.93. The van der Waals surface area contributed by atoms with Gasteiger partial charge in [-0.25, -0.2) is 13.1 Å². The molecule has 0 atom stereocenters. The number of hydrogen-bond acceptors (Lipinski definition) is 3. The number of likely N-dealkylation sites (tertiary alicyclic amines) is 1. The standard InChI is InChI=1S/C13H26N4O2S.HI/c1-3-14-12(15-8-9-16-20(2,18)19)17-10-7-13(11-17)5-4-6-13;/h16H,3-11H2,1-2H3,(H,14,15);1H. The highest BCUT2D eigenvalue weighted by molar-refractivity contribution is 14.0. The molecule has 0 aromatic carbocycles. The third-order valence-corrected chi connectivity index (χ3v) is 4.95. The van der Waals surface area contributed by atoms with Gasteiger partial charge in [0, 0.05) is 26.2 Å². The van der Waals surface area contributed by atoms with Gasteiger partial charge in [-0.05, 0) is 31.6 Å². The summed E-state index contributed by atoms with van der Waals surface area (Å²) in [5.74, 6) is 0.923. The lowest BCUT2D eigenvalue weighted by Gasteiger charge is -2.38. The first-order chi connectivity index (χ1) is 9.44. The number of sulfonamides is 1. The van der Waals surface area contributed by atoms with Crippen LogP contribution in [0, 0.1) is 5.41 Å². The summed E-state index contributed by atoms with van der Waals surface area (Å²) in [6.07, 6.45) is 6.48. The predicted molar refractivity (Wildman–Crippen MR) is 96.7 cm³/mol. The van der Waals surface area contributed by atoms with Crippen LogP contribution >= 0.6 is 24.0 Å². The Morgan fingerprint density at radius 3 is 2.52 bits per heavy atom. The highest BCUT2D eigenvalue weighted by Gasteiger charge is 2.43. The molecule has 2 N–H and O–H groups in total. The molecule has 2 fully saturated rings. The topological polar surface area (TPSA) is 73.8 Å². The molecule has 0 amide bonds. The third-order valence-electron chi connectivity index (χ3n) is 4.22. The van der Waals surface area contributed by atoms with Gasteiger partial charge in [-0.2, -0.15) is 0 Å². The van der Waals surface area contributed by atoms with E-state index in [1.165, 1.54) is 31.9 Å². The molecule has 0 unspecified atom stereocenters. The van der Waals surface area contributed by atoms with Gasteiger partial charge in [-0.1, -0.05) is 6.42 Å². The lowest BCUT2D eigenvalue weighted by atomic mass is 9.68. The van der Waals surface area contributed by atoms with Crippen molar-refractivity contribution in [2.75, 3.05) is 39.0 Å². The summed E-state index contributed by atoms with van der Waals surface area (Å²) in [4.78, 5) is 6.85. The molecule has 1 saturated carbocycles. The maximum absolute atomic E-state index is 11.0. The number of rotatable bonds is 5. The molecule has 1 aliphatic heterocycles. The van der Waals surface area contributed by atoms with Crippen LogP contribution < -0.4 is 10.0 Å². The Morgan fingerprint density at radius 1 is 1.33 bits per heavy atom. The summed E-state index contributed by atoms with van der Waals surface area (Å²) in [7, 11) is -3.12. The Kier molecular flexibility index (Phi) is 7.18. The van der Waals surface area contributed by atoms with Crippen molar-refractivity contribution in [1.82, 2.24) is 14.9 Å². The quantitative estimate of drug-likeness (QED) is 0.296. The number of guanidine groups is 1. The highest BCUT2D eigenvalue weighted by Crippen LogP contribution is 2.47. The Bertz CT molecular complexity index is 463. The van der Waals surface area contributed by atoms with Gasteiger partial charge in [-0.15, -0.1) is 24.0 Å². The maximum atomic E-state index is 11.0. The fraction of sp³-hybridized carbons (Fsp3) is 0.923. The molecular weight excluding hydrogens is 403 g/mol. The summed E-state index contributed by atoms with van der Waals surface area (Å²) >= 11 is 0. The third kappa shape index (κ3) is 5.55. The van der Waals surface area contributed by atoms with Crippen LogP contribution in [0.3, 0.4) is 0 Å². The van der Waals surface area contributed by atoms with Crippen LogP contribution in [0.4, 0.5) is 0 Å². The van der Waals surface area contributed by atoms with Gasteiger partial charge in [0.05, 0.1) is 12.8 Å². The molecule has 8 heteroatoms. The first kappa shape index (κ1) is 19.0. The van der Waals surface area contributed by atoms with Crippen LogP contribution in [0.5, 0.6) is 0 Å². The smallest absolute Gasteiger partial charge is 0.208 e. The molecule has 6 nitrogen and oxygen atoms in total. The van der Waals surface area contributed by atoms with E-state index >= 15 is 0 Å².